The summed E-state index contributed by atoms with van der Waals surface area (Å²) >= 11 is 0. The number of rotatable bonds is 5. The van der Waals surface area contributed by atoms with Crippen LogP contribution in [0.2, 0.25) is 0 Å². The zero-order chi connectivity index (χ0) is 11.1. The Morgan fingerprint density at radius 1 is 1.60 bits per heavy atom. The van der Waals surface area contributed by atoms with Crippen molar-refractivity contribution in [3.8, 4) is 18.1 Å². The number of nitrogens with zero attached hydrogens (tertiary/aromatic N) is 1. The van der Waals surface area contributed by atoms with Crippen molar-refractivity contribution < 1.29 is 4.74 Å². The molecular formula is C12H16N2O. The molecule has 0 bridgehead atoms. The minimum Gasteiger partial charge on any atom is -0.476 e. The van der Waals surface area contributed by atoms with Gasteiger partial charge in [0.15, 0.2) is 6.10 Å². The molecule has 0 radical (unpaired) electrons. The highest BCUT2D eigenvalue weighted by molar-refractivity contribution is 5.45. The first-order chi connectivity index (χ1) is 7.26. The molecule has 3 heteroatoms. The molecule has 0 amide bonds. The molecule has 1 aromatic heterocycles. The van der Waals surface area contributed by atoms with Crippen molar-refractivity contribution in [3.63, 3.8) is 0 Å². The lowest BCUT2D eigenvalue weighted by atomic mass is 10.3. The molecule has 1 N–H and O–H groups in total. The lowest BCUT2D eigenvalue weighted by molar-refractivity contribution is 0.278. The third kappa shape index (κ3) is 3.90. The monoisotopic (exact) mass is 204 g/mol. The standard InChI is InChI=1S/C12H16N2O/c1-4-6-14-11-7-12(9-13-8-11)15-10(3)5-2/h2,7-10,14H,4,6H2,1,3H3. The van der Waals surface area contributed by atoms with Gasteiger partial charge in [0.05, 0.1) is 18.1 Å². The summed E-state index contributed by atoms with van der Waals surface area (Å²) in [5.41, 5.74) is 0.957. The fraction of sp³-hybridized carbons (Fsp3) is 0.417. The van der Waals surface area contributed by atoms with E-state index in [0.717, 1.165) is 18.7 Å². The number of nitrogens with one attached hydrogen (secondary N) is 1. The normalized spacial score (nSPS) is 11.5. The van der Waals surface area contributed by atoms with Crippen LogP contribution in [0, 0.1) is 12.3 Å². The van der Waals surface area contributed by atoms with Crippen LogP contribution < -0.4 is 10.1 Å². The lowest BCUT2D eigenvalue weighted by Gasteiger charge is -2.10. The maximum atomic E-state index is 5.45. The molecule has 0 aliphatic carbocycles. The van der Waals surface area contributed by atoms with Gasteiger partial charge >= 0.3 is 0 Å². The van der Waals surface area contributed by atoms with Crippen molar-refractivity contribution in [2.24, 2.45) is 0 Å². The molecule has 3 nitrogen and oxygen atoms in total. The number of aromatic nitrogens is 1. The summed E-state index contributed by atoms with van der Waals surface area (Å²) < 4.78 is 5.45. The minimum atomic E-state index is -0.228. The lowest BCUT2D eigenvalue weighted by Crippen LogP contribution is -2.09. The number of ether oxygens (including phenoxy) is 1. The molecule has 0 aromatic carbocycles. The van der Waals surface area contributed by atoms with Gasteiger partial charge in [0.25, 0.3) is 0 Å². The summed E-state index contributed by atoms with van der Waals surface area (Å²) in [4.78, 5) is 4.07. The molecule has 0 aliphatic heterocycles. The second kappa shape index (κ2) is 5.92. The largest absolute Gasteiger partial charge is 0.476 e. The zero-order valence-electron chi connectivity index (χ0n) is 9.16. The van der Waals surface area contributed by atoms with E-state index >= 15 is 0 Å². The Morgan fingerprint density at radius 2 is 2.40 bits per heavy atom. The van der Waals surface area contributed by atoms with Crippen molar-refractivity contribution >= 4 is 5.69 Å². The van der Waals surface area contributed by atoms with Gasteiger partial charge in [-0.05, 0) is 13.3 Å². The van der Waals surface area contributed by atoms with E-state index < -0.39 is 0 Å². The number of hydrogen-bond acceptors (Lipinski definition) is 3. The van der Waals surface area contributed by atoms with E-state index in [1.165, 1.54) is 0 Å². The van der Waals surface area contributed by atoms with Gasteiger partial charge in [-0.3, -0.25) is 4.98 Å². The highest BCUT2D eigenvalue weighted by Gasteiger charge is 2.00. The summed E-state index contributed by atoms with van der Waals surface area (Å²) in [6.45, 7) is 4.86. The molecule has 80 valence electrons. The van der Waals surface area contributed by atoms with Crippen molar-refractivity contribution in [1.82, 2.24) is 4.98 Å². The molecule has 1 rings (SSSR count). The minimum absolute atomic E-state index is 0.228. The Morgan fingerprint density at radius 3 is 3.07 bits per heavy atom. The predicted octanol–water partition coefficient (Wildman–Crippen LogP) is 2.30. The molecule has 0 saturated carbocycles. The van der Waals surface area contributed by atoms with Gasteiger partial charge in [0.1, 0.15) is 5.75 Å². The molecule has 1 aromatic rings. The first-order valence-corrected chi connectivity index (χ1v) is 5.08. The van der Waals surface area contributed by atoms with E-state index in [0.29, 0.717) is 5.75 Å². The first kappa shape index (κ1) is 11.4. The van der Waals surface area contributed by atoms with Crippen molar-refractivity contribution in [3.05, 3.63) is 18.5 Å². The van der Waals surface area contributed by atoms with Crippen LogP contribution in [0.4, 0.5) is 5.69 Å². The van der Waals surface area contributed by atoms with E-state index in [1.54, 1.807) is 12.4 Å². The van der Waals surface area contributed by atoms with Crippen LogP contribution in [0.3, 0.4) is 0 Å². The van der Waals surface area contributed by atoms with E-state index in [1.807, 2.05) is 13.0 Å². The van der Waals surface area contributed by atoms with Crippen LogP contribution in [0.15, 0.2) is 18.5 Å². The Labute approximate surface area is 90.9 Å². The van der Waals surface area contributed by atoms with Gasteiger partial charge in [-0.25, -0.2) is 0 Å². The molecular weight excluding hydrogens is 188 g/mol. The summed E-state index contributed by atoms with van der Waals surface area (Å²) in [5.74, 6) is 3.20. The highest BCUT2D eigenvalue weighted by atomic mass is 16.5. The second-order valence-electron chi connectivity index (χ2n) is 3.26. The van der Waals surface area contributed by atoms with Crippen LogP contribution >= 0.6 is 0 Å². The average molecular weight is 204 g/mol. The summed E-state index contributed by atoms with van der Waals surface area (Å²) in [7, 11) is 0. The van der Waals surface area contributed by atoms with E-state index in [2.05, 4.69) is 23.1 Å². The van der Waals surface area contributed by atoms with Gasteiger partial charge in [-0.2, -0.15) is 0 Å². The molecule has 0 spiro atoms. The maximum absolute atomic E-state index is 5.45. The quantitative estimate of drug-likeness (QED) is 0.747. The van der Waals surface area contributed by atoms with Crippen molar-refractivity contribution in [2.75, 3.05) is 11.9 Å². The number of pyridine rings is 1. The Balaban J connectivity index is 2.62. The predicted molar refractivity (Wildman–Crippen MR) is 61.9 cm³/mol. The zero-order valence-corrected chi connectivity index (χ0v) is 9.16. The SMILES string of the molecule is C#CC(C)Oc1cncc(NCCC)c1. The van der Waals surface area contributed by atoms with Crippen LogP contribution in [0.5, 0.6) is 5.75 Å². The molecule has 1 heterocycles. The van der Waals surface area contributed by atoms with E-state index in [4.69, 9.17) is 11.2 Å². The average Bonchev–Trinajstić information content (AvgIpc) is 2.26. The van der Waals surface area contributed by atoms with E-state index in [9.17, 15) is 0 Å². The molecule has 0 saturated heterocycles. The molecule has 0 fully saturated rings. The molecule has 0 aliphatic rings. The second-order valence-corrected chi connectivity index (χ2v) is 3.26. The van der Waals surface area contributed by atoms with Crippen LogP contribution in [0.25, 0.3) is 0 Å². The fourth-order valence-corrected chi connectivity index (χ4v) is 1.09. The summed E-state index contributed by atoms with van der Waals surface area (Å²) in [6, 6.07) is 1.90. The maximum Gasteiger partial charge on any atom is 0.156 e. The van der Waals surface area contributed by atoms with Gasteiger partial charge in [0.2, 0.25) is 0 Å². The highest BCUT2D eigenvalue weighted by Crippen LogP contribution is 2.16. The number of terminal acetylenes is 1. The smallest absolute Gasteiger partial charge is 0.156 e. The Hall–Kier alpha value is -1.69. The number of anilines is 1. The van der Waals surface area contributed by atoms with Crippen molar-refractivity contribution in [1.29, 1.82) is 0 Å². The molecule has 1 unspecified atom stereocenters. The van der Waals surface area contributed by atoms with Gasteiger partial charge in [0, 0.05) is 12.6 Å². The van der Waals surface area contributed by atoms with Gasteiger partial charge < -0.3 is 10.1 Å². The summed E-state index contributed by atoms with van der Waals surface area (Å²) in [5, 5.41) is 3.23. The molecule has 1 atom stereocenters. The number of hydrogen-bond donors (Lipinski definition) is 1. The van der Waals surface area contributed by atoms with Crippen molar-refractivity contribution in [2.45, 2.75) is 26.4 Å². The Kier molecular flexibility index (Phi) is 4.49. The topological polar surface area (TPSA) is 34.1 Å². The van der Waals surface area contributed by atoms with Crippen LogP contribution in [0.1, 0.15) is 20.3 Å². The summed E-state index contributed by atoms with van der Waals surface area (Å²) in [6.07, 6.45) is 9.50. The van der Waals surface area contributed by atoms with Gasteiger partial charge in [-0.15, -0.1) is 6.42 Å². The van der Waals surface area contributed by atoms with Gasteiger partial charge in [-0.1, -0.05) is 12.8 Å². The first-order valence-electron chi connectivity index (χ1n) is 5.08. The third-order valence-corrected chi connectivity index (χ3v) is 1.84. The molecule has 15 heavy (non-hydrogen) atoms. The fourth-order valence-electron chi connectivity index (χ4n) is 1.09. The van der Waals surface area contributed by atoms with E-state index in [-0.39, 0.29) is 6.10 Å². The third-order valence-electron chi connectivity index (χ3n) is 1.84. The van der Waals surface area contributed by atoms with Crippen LogP contribution in [-0.4, -0.2) is 17.6 Å². The Bertz CT molecular complexity index is 344. The van der Waals surface area contributed by atoms with Crippen LogP contribution in [-0.2, 0) is 0 Å².